The minimum atomic E-state index is -0.402. The molecule has 1 aliphatic heterocycles. The molecule has 132 valence electrons. The van der Waals surface area contributed by atoms with Gasteiger partial charge >= 0.3 is 0 Å². The fraction of sp³-hybridized carbons (Fsp3) is 0.368. The van der Waals surface area contributed by atoms with Gasteiger partial charge in [-0.1, -0.05) is 24.3 Å². The number of hydrogen-bond acceptors (Lipinski definition) is 4. The molecule has 2 heterocycles. The van der Waals surface area contributed by atoms with Gasteiger partial charge in [-0.3, -0.25) is 14.5 Å². The van der Waals surface area contributed by atoms with Crippen LogP contribution in [-0.4, -0.2) is 29.8 Å². The molecule has 6 nitrogen and oxygen atoms in total. The van der Waals surface area contributed by atoms with E-state index in [4.69, 9.17) is 4.42 Å². The topological polar surface area (TPSA) is 74.6 Å². The van der Waals surface area contributed by atoms with E-state index in [1.54, 1.807) is 6.26 Å². The maximum Gasteiger partial charge on any atom is 0.242 e. The number of carbonyl (C=O) groups excluding carboxylic acids is 2. The van der Waals surface area contributed by atoms with E-state index in [1.165, 1.54) is 0 Å². The highest BCUT2D eigenvalue weighted by Crippen LogP contribution is 2.14. The number of nitrogens with one attached hydrogen (secondary N) is 2. The highest BCUT2D eigenvalue weighted by Gasteiger charge is 2.26. The molecule has 6 heteroatoms. The van der Waals surface area contributed by atoms with Gasteiger partial charge < -0.3 is 15.1 Å². The van der Waals surface area contributed by atoms with E-state index in [0.717, 1.165) is 30.0 Å². The molecule has 0 unspecified atom stereocenters. The minimum absolute atomic E-state index is 0.0555. The van der Waals surface area contributed by atoms with Gasteiger partial charge in [-0.2, -0.15) is 0 Å². The fourth-order valence-electron chi connectivity index (χ4n) is 3.02. The maximum atomic E-state index is 12.2. The summed E-state index contributed by atoms with van der Waals surface area (Å²) < 4.78 is 5.38. The number of rotatable bonds is 7. The Morgan fingerprint density at radius 3 is 2.72 bits per heavy atom. The van der Waals surface area contributed by atoms with Crippen LogP contribution in [0.3, 0.4) is 0 Å². The van der Waals surface area contributed by atoms with Crippen molar-refractivity contribution >= 4 is 11.8 Å². The van der Waals surface area contributed by atoms with Crippen LogP contribution < -0.4 is 10.6 Å². The van der Waals surface area contributed by atoms with Gasteiger partial charge in [0.15, 0.2) is 0 Å². The van der Waals surface area contributed by atoms with Crippen molar-refractivity contribution in [2.45, 2.75) is 38.5 Å². The first kappa shape index (κ1) is 17.2. The van der Waals surface area contributed by atoms with Gasteiger partial charge in [0.05, 0.1) is 12.8 Å². The Morgan fingerprint density at radius 2 is 2.04 bits per heavy atom. The monoisotopic (exact) mass is 341 g/mol. The molecule has 3 rings (SSSR count). The van der Waals surface area contributed by atoms with Crippen LogP contribution in [0.15, 0.2) is 47.1 Å². The van der Waals surface area contributed by atoms with Crippen LogP contribution in [0.5, 0.6) is 0 Å². The van der Waals surface area contributed by atoms with Crippen LogP contribution in [0.4, 0.5) is 0 Å². The summed E-state index contributed by atoms with van der Waals surface area (Å²) in [5, 5.41) is 5.62. The predicted octanol–water partition coefficient (Wildman–Crippen LogP) is 1.81. The van der Waals surface area contributed by atoms with Crippen LogP contribution in [0, 0.1) is 0 Å². The molecule has 1 saturated heterocycles. The summed E-state index contributed by atoms with van der Waals surface area (Å²) in [6.07, 6.45) is 2.67. The first-order chi connectivity index (χ1) is 12.1. The van der Waals surface area contributed by atoms with Crippen LogP contribution in [0.2, 0.25) is 0 Å². The molecule has 2 aromatic rings. The molecule has 25 heavy (non-hydrogen) atoms. The first-order valence-electron chi connectivity index (χ1n) is 8.46. The molecule has 0 spiro atoms. The van der Waals surface area contributed by atoms with Crippen molar-refractivity contribution in [1.29, 1.82) is 0 Å². The van der Waals surface area contributed by atoms with E-state index in [9.17, 15) is 9.59 Å². The molecule has 2 amide bonds. The van der Waals surface area contributed by atoms with Crippen LogP contribution >= 0.6 is 0 Å². The predicted molar refractivity (Wildman–Crippen MR) is 93.3 cm³/mol. The SMILES string of the molecule is CN(Cc1ccco1)Cc1ccccc1CNC(=O)[C@H]1CCC(=O)N1. The van der Waals surface area contributed by atoms with Crippen LogP contribution in [-0.2, 0) is 29.2 Å². The lowest BCUT2D eigenvalue weighted by atomic mass is 10.1. The lowest BCUT2D eigenvalue weighted by molar-refractivity contribution is -0.125. The Morgan fingerprint density at radius 1 is 1.24 bits per heavy atom. The highest BCUT2D eigenvalue weighted by atomic mass is 16.3. The molecule has 1 aromatic heterocycles. The molecular weight excluding hydrogens is 318 g/mol. The number of carbonyl (C=O) groups is 2. The molecular formula is C19H23N3O3. The summed E-state index contributed by atoms with van der Waals surface area (Å²) in [5.74, 6) is 0.745. The summed E-state index contributed by atoms with van der Waals surface area (Å²) in [4.78, 5) is 25.6. The molecule has 1 aliphatic rings. The average molecular weight is 341 g/mol. The lowest BCUT2D eigenvalue weighted by Gasteiger charge is -2.18. The van der Waals surface area contributed by atoms with Crippen molar-refractivity contribution in [2.24, 2.45) is 0 Å². The smallest absolute Gasteiger partial charge is 0.242 e. The quantitative estimate of drug-likeness (QED) is 0.805. The molecule has 0 radical (unpaired) electrons. The Bertz CT molecular complexity index is 727. The zero-order valence-corrected chi connectivity index (χ0v) is 14.3. The Balaban J connectivity index is 1.56. The van der Waals surface area contributed by atoms with E-state index in [-0.39, 0.29) is 11.8 Å². The average Bonchev–Trinajstić information content (AvgIpc) is 3.25. The third-order valence-corrected chi connectivity index (χ3v) is 4.33. The standard InChI is InChI=1S/C19H23N3O3/c1-22(13-16-7-4-10-25-16)12-15-6-3-2-5-14(15)11-20-19(24)17-8-9-18(23)21-17/h2-7,10,17H,8-9,11-13H2,1H3,(H,20,24)(H,21,23)/t17-/m1/s1. The highest BCUT2D eigenvalue weighted by molar-refractivity contribution is 5.90. The third-order valence-electron chi connectivity index (χ3n) is 4.33. The second-order valence-electron chi connectivity index (χ2n) is 6.40. The summed E-state index contributed by atoms with van der Waals surface area (Å²) >= 11 is 0. The third kappa shape index (κ3) is 4.70. The van der Waals surface area contributed by atoms with E-state index < -0.39 is 6.04 Å². The van der Waals surface area contributed by atoms with Crippen molar-refractivity contribution in [2.75, 3.05) is 7.05 Å². The molecule has 0 aliphatic carbocycles. The van der Waals surface area contributed by atoms with Gasteiger partial charge in [0, 0.05) is 19.5 Å². The van der Waals surface area contributed by atoms with Crippen molar-refractivity contribution in [1.82, 2.24) is 15.5 Å². The molecule has 0 saturated carbocycles. The molecule has 1 atom stereocenters. The number of hydrogen-bond donors (Lipinski definition) is 2. The number of furan rings is 1. The summed E-state index contributed by atoms with van der Waals surface area (Å²) in [6, 6.07) is 11.5. The molecule has 2 N–H and O–H groups in total. The number of amides is 2. The zero-order valence-electron chi connectivity index (χ0n) is 14.3. The van der Waals surface area contributed by atoms with E-state index >= 15 is 0 Å². The van der Waals surface area contributed by atoms with Crippen molar-refractivity contribution in [3.63, 3.8) is 0 Å². The lowest BCUT2D eigenvalue weighted by Crippen LogP contribution is -2.41. The fourth-order valence-corrected chi connectivity index (χ4v) is 3.02. The minimum Gasteiger partial charge on any atom is -0.468 e. The Kier molecular flexibility index (Phi) is 5.50. The van der Waals surface area contributed by atoms with Crippen molar-refractivity contribution < 1.29 is 14.0 Å². The Labute approximate surface area is 147 Å². The first-order valence-corrected chi connectivity index (χ1v) is 8.46. The summed E-state index contributed by atoms with van der Waals surface area (Å²) in [6.45, 7) is 1.94. The van der Waals surface area contributed by atoms with E-state index in [1.807, 2.05) is 37.4 Å². The van der Waals surface area contributed by atoms with Crippen molar-refractivity contribution in [3.8, 4) is 0 Å². The van der Waals surface area contributed by atoms with Crippen LogP contribution in [0.25, 0.3) is 0 Å². The summed E-state index contributed by atoms with van der Waals surface area (Å²) in [5.41, 5.74) is 2.23. The maximum absolute atomic E-state index is 12.2. The number of benzene rings is 1. The van der Waals surface area contributed by atoms with Gasteiger partial charge in [0.25, 0.3) is 0 Å². The number of nitrogens with zero attached hydrogens (tertiary/aromatic N) is 1. The van der Waals surface area contributed by atoms with Gasteiger partial charge in [-0.15, -0.1) is 0 Å². The normalized spacial score (nSPS) is 16.9. The Hall–Kier alpha value is -2.60. The zero-order chi connectivity index (χ0) is 17.6. The second-order valence-corrected chi connectivity index (χ2v) is 6.40. The van der Waals surface area contributed by atoms with Crippen molar-refractivity contribution in [3.05, 3.63) is 59.5 Å². The molecule has 1 fully saturated rings. The van der Waals surface area contributed by atoms with E-state index in [0.29, 0.717) is 19.4 Å². The van der Waals surface area contributed by atoms with Gasteiger partial charge in [-0.05, 0) is 36.7 Å². The molecule has 1 aromatic carbocycles. The summed E-state index contributed by atoms with van der Waals surface area (Å²) in [7, 11) is 2.03. The van der Waals surface area contributed by atoms with Gasteiger partial charge in [0.2, 0.25) is 11.8 Å². The second kappa shape index (κ2) is 7.98. The molecule has 0 bridgehead atoms. The van der Waals surface area contributed by atoms with Gasteiger partial charge in [-0.25, -0.2) is 0 Å². The van der Waals surface area contributed by atoms with E-state index in [2.05, 4.69) is 21.6 Å². The van der Waals surface area contributed by atoms with Gasteiger partial charge in [0.1, 0.15) is 11.8 Å². The largest absolute Gasteiger partial charge is 0.468 e. The van der Waals surface area contributed by atoms with Crippen LogP contribution in [0.1, 0.15) is 29.7 Å².